The Morgan fingerprint density at radius 2 is 2.12 bits per heavy atom. The molecule has 0 amide bonds. The maximum absolute atomic E-state index is 11.6. The second-order valence-electron chi connectivity index (χ2n) is 3.74. The molecule has 0 fully saturated rings. The smallest absolute Gasteiger partial charge is 0.311 e. The summed E-state index contributed by atoms with van der Waals surface area (Å²) in [7, 11) is 0. The van der Waals surface area contributed by atoms with Crippen molar-refractivity contribution in [1.82, 2.24) is 9.55 Å². The molecule has 0 aliphatic carbocycles. The van der Waals surface area contributed by atoms with Crippen molar-refractivity contribution in [3.8, 4) is 0 Å². The summed E-state index contributed by atoms with van der Waals surface area (Å²) in [5.41, 5.74) is 0.175. The number of hydrogen-bond donors (Lipinski definition) is 1. The molecule has 1 aromatic rings. The van der Waals surface area contributed by atoms with Crippen LogP contribution in [0.25, 0.3) is 0 Å². The van der Waals surface area contributed by atoms with Crippen LogP contribution >= 0.6 is 11.6 Å². The van der Waals surface area contributed by atoms with Crippen molar-refractivity contribution in [2.45, 2.75) is 39.2 Å². The van der Waals surface area contributed by atoms with Crippen LogP contribution in [0.3, 0.4) is 0 Å². The Hall–Kier alpha value is -1.03. The Labute approximate surface area is 99.3 Å². The van der Waals surface area contributed by atoms with Gasteiger partial charge in [-0.2, -0.15) is 0 Å². The molecular weight excluding hydrogens is 228 g/mol. The van der Waals surface area contributed by atoms with Crippen LogP contribution in [0.1, 0.15) is 31.9 Å². The predicted octanol–water partition coefficient (Wildman–Crippen LogP) is 1.51. The van der Waals surface area contributed by atoms with Crippen LogP contribution in [0.15, 0.2) is 15.7 Å². The number of aromatic amines is 1. The van der Waals surface area contributed by atoms with E-state index in [1.54, 1.807) is 0 Å². The summed E-state index contributed by atoms with van der Waals surface area (Å²) in [5, 5.41) is 0. The van der Waals surface area contributed by atoms with Gasteiger partial charge in [0.05, 0.1) is 0 Å². The first kappa shape index (κ1) is 13.0. The number of aryl methyl sites for hydroxylation is 1. The topological polar surface area (TPSA) is 54.9 Å². The van der Waals surface area contributed by atoms with Crippen LogP contribution in [-0.2, 0) is 13.0 Å². The van der Waals surface area contributed by atoms with Crippen LogP contribution in [0, 0.1) is 0 Å². The molecule has 0 aromatic carbocycles. The maximum Gasteiger partial charge on any atom is 0.328 e. The van der Waals surface area contributed by atoms with E-state index in [1.807, 2.05) is 6.92 Å². The molecule has 0 aliphatic rings. The Morgan fingerprint density at radius 1 is 1.38 bits per heavy atom. The summed E-state index contributed by atoms with van der Waals surface area (Å²) in [6, 6.07) is 1.51. The second-order valence-corrected chi connectivity index (χ2v) is 4.11. The molecule has 0 radical (unpaired) electrons. The van der Waals surface area contributed by atoms with Crippen molar-refractivity contribution in [3.63, 3.8) is 0 Å². The molecule has 0 unspecified atom stereocenters. The summed E-state index contributed by atoms with van der Waals surface area (Å²) < 4.78 is 1.23. The fourth-order valence-electron chi connectivity index (χ4n) is 1.55. The molecule has 1 rings (SSSR count). The highest BCUT2D eigenvalue weighted by atomic mass is 35.5. The number of hydrogen-bond acceptors (Lipinski definition) is 2. The zero-order chi connectivity index (χ0) is 12.0. The minimum Gasteiger partial charge on any atom is -0.311 e. The zero-order valence-electron chi connectivity index (χ0n) is 9.46. The summed E-state index contributed by atoms with van der Waals surface area (Å²) in [6.07, 6.45) is 3.25. The van der Waals surface area contributed by atoms with Gasteiger partial charge in [0.1, 0.15) is 0 Å². The lowest BCUT2D eigenvalue weighted by Gasteiger charge is -2.04. The molecule has 1 N–H and O–H groups in total. The van der Waals surface area contributed by atoms with Crippen molar-refractivity contribution in [3.05, 3.63) is 32.6 Å². The average molecular weight is 245 g/mol. The molecule has 1 heterocycles. The number of halogens is 1. The summed E-state index contributed by atoms with van der Waals surface area (Å²) in [5.74, 6) is 0.608. The van der Waals surface area contributed by atoms with Gasteiger partial charge in [-0.25, -0.2) is 4.79 Å². The van der Waals surface area contributed by atoms with Gasteiger partial charge in [-0.1, -0.05) is 6.92 Å². The highest BCUT2D eigenvalue weighted by Crippen LogP contribution is 1.99. The number of unbranched alkanes of at least 4 members (excludes halogenated alkanes) is 1. The monoisotopic (exact) mass is 244 g/mol. The van der Waals surface area contributed by atoms with Crippen LogP contribution in [-0.4, -0.2) is 15.4 Å². The van der Waals surface area contributed by atoms with Gasteiger partial charge in [0.2, 0.25) is 0 Å². The molecule has 4 nitrogen and oxygen atoms in total. The predicted molar refractivity (Wildman–Crippen MR) is 65.3 cm³/mol. The van der Waals surface area contributed by atoms with E-state index in [0.717, 1.165) is 19.3 Å². The molecule has 16 heavy (non-hydrogen) atoms. The fraction of sp³-hybridized carbons (Fsp3) is 0.636. The largest absolute Gasteiger partial charge is 0.328 e. The molecule has 0 aliphatic heterocycles. The van der Waals surface area contributed by atoms with Crippen LogP contribution in [0.5, 0.6) is 0 Å². The molecule has 0 saturated heterocycles. The summed E-state index contributed by atoms with van der Waals surface area (Å²) in [4.78, 5) is 25.9. The Bertz CT molecular complexity index is 405. The molecule has 0 spiro atoms. The molecule has 90 valence electrons. The quantitative estimate of drug-likeness (QED) is 0.609. The zero-order valence-corrected chi connectivity index (χ0v) is 10.2. The first-order valence-corrected chi connectivity index (χ1v) is 6.11. The third-order valence-electron chi connectivity index (χ3n) is 2.35. The van der Waals surface area contributed by atoms with Gasteiger partial charge in [0.15, 0.2) is 0 Å². The van der Waals surface area contributed by atoms with Crippen LogP contribution in [0.2, 0.25) is 0 Å². The van der Waals surface area contributed by atoms with Gasteiger partial charge in [-0.3, -0.25) is 9.36 Å². The molecular formula is C11H17ClN2O2. The van der Waals surface area contributed by atoms with E-state index in [2.05, 4.69) is 4.98 Å². The standard InChI is InChI=1S/C11H17ClN2O2/c1-2-7-14-10(15)8-9(13-11(14)16)5-3-4-6-12/h8H,2-7H2,1H3,(H,13,16). The van der Waals surface area contributed by atoms with E-state index in [4.69, 9.17) is 11.6 Å². The van der Waals surface area contributed by atoms with E-state index in [1.165, 1.54) is 10.6 Å². The van der Waals surface area contributed by atoms with E-state index in [-0.39, 0.29) is 11.2 Å². The minimum atomic E-state index is -0.310. The molecule has 0 atom stereocenters. The number of rotatable bonds is 6. The van der Waals surface area contributed by atoms with E-state index < -0.39 is 0 Å². The highest BCUT2D eigenvalue weighted by molar-refractivity contribution is 6.17. The first-order chi connectivity index (χ1) is 7.69. The SMILES string of the molecule is CCCn1c(=O)cc(CCCCCl)[nH]c1=O. The van der Waals surface area contributed by atoms with Crippen LogP contribution < -0.4 is 11.2 Å². The highest BCUT2D eigenvalue weighted by Gasteiger charge is 2.03. The van der Waals surface area contributed by atoms with E-state index >= 15 is 0 Å². The van der Waals surface area contributed by atoms with E-state index in [0.29, 0.717) is 24.5 Å². The van der Waals surface area contributed by atoms with Gasteiger partial charge in [-0.05, 0) is 25.7 Å². The van der Waals surface area contributed by atoms with Crippen molar-refractivity contribution >= 4 is 11.6 Å². The Balaban J connectivity index is 2.84. The maximum atomic E-state index is 11.6. The lowest BCUT2D eigenvalue weighted by molar-refractivity contribution is 0.606. The Morgan fingerprint density at radius 3 is 2.69 bits per heavy atom. The summed E-state index contributed by atoms with van der Waals surface area (Å²) in [6.45, 7) is 2.40. The second kappa shape index (κ2) is 6.53. The number of nitrogens with one attached hydrogen (secondary N) is 1. The van der Waals surface area contributed by atoms with Gasteiger partial charge in [-0.15, -0.1) is 11.6 Å². The fourth-order valence-corrected chi connectivity index (χ4v) is 1.74. The first-order valence-electron chi connectivity index (χ1n) is 5.58. The Kier molecular flexibility index (Phi) is 5.32. The van der Waals surface area contributed by atoms with Crippen molar-refractivity contribution in [2.24, 2.45) is 0 Å². The lowest BCUT2D eigenvalue weighted by Crippen LogP contribution is -2.35. The third kappa shape index (κ3) is 3.52. The number of nitrogens with zero attached hydrogens (tertiary/aromatic N) is 1. The number of aromatic nitrogens is 2. The van der Waals surface area contributed by atoms with Crippen molar-refractivity contribution in [1.29, 1.82) is 0 Å². The molecule has 0 saturated carbocycles. The van der Waals surface area contributed by atoms with Gasteiger partial charge >= 0.3 is 5.69 Å². The minimum absolute atomic E-state index is 0.216. The molecule has 1 aromatic heterocycles. The molecule has 5 heteroatoms. The van der Waals surface area contributed by atoms with Crippen molar-refractivity contribution < 1.29 is 0 Å². The lowest BCUT2D eigenvalue weighted by atomic mass is 10.2. The average Bonchev–Trinajstić information content (AvgIpc) is 2.24. The van der Waals surface area contributed by atoms with Gasteiger partial charge in [0, 0.05) is 24.2 Å². The number of alkyl halides is 1. The van der Waals surface area contributed by atoms with Gasteiger partial charge < -0.3 is 4.98 Å². The summed E-state index contributed by atoms with van der Waals surface area (Å²) >= 11 is 5.56. The van der Waals surface area contributed by atoms with Crippen LogP contribution in [0.4, 0.5) is 0 Å². The van der Waals surface area contributed by atoms with Crippen molar-refractivity contribution in [2.75, 3.05) is 5.88 Å². The van der Waals surface area contributed by atoms with E-state index in [9.17, 15) is 9.59 Å². The normalized spacial score (nSPS) is 10.6. The number of H-pyrrole nitrogens is 1. The van der Waals surface area contributed by atoms with Gasteiger partial charge in [0.25, 0.3) is 5.56 Å². The molecule has 0 bridgehead atoms. The third-order valence-corrected chi connectivity index (χ3v) is 2.62.